The fourth-order valence-electron chi connectivity index (χ4n) is 13.4. The number of dihydropyridines is 1. The number of nitrogens with two attached hydrogens (primary N) is 2. The molecule has 7 aliphatic rings. The normalized spacial score (nSPS) is 34.4. The molecule has 2 saturated heterocycles. The Kier molecular flexibility index (Phi) is 9.29. The summed E-state index contributed by atoms with van der Waals surface area (Å²) in [5.41, 5.74) is 19.3. The largest absolute Gasteiger partial charge is 0.480 e. The van der Waals surface area contributed by atoms with E-state index in [0.717, 1.165) is 71.5 Å². The zero-order valence-electron chi connectivity index (χ0n) is 34.7. The maximum atomic E-state index is 10.6. The number of piperidine rings is 1. The first kappa shape index (κ1) is 39.0. The summed E-state index contributed by atoms with van der Waals surface area (Å²) in [7, 11) is 0. The van der Waals surface area contributed by atoms with E-state index in [9.17, 15) is 15.6 Å². The minimum Gasteiger partial charge on any atom is -0.480 e. The standard InChI is InChI=1S/C45H59N9O3S/c1-27-10-12-34-33(19-27)50-40(58-34)52-37(47)28(2)30-9-8-16-54(38(30)48)35-13-11-31(36(51-35)39(55)56)32(20-46)29(3)49-26-43-21-41(4)23-44(57-18-17-53-14-6-7-15-53)24-42(5,22-43)45(41,44)25-43/h10-13,19-20,48,51,55-56H,6-9,14-18,21-26,46H2,1-5H3,(H2,47,50,52). The van der Waals surface area contributed by atoms with Crippen molar-refractivity contribution in [2.75, 3.05) is 39.3 Å². The molecule has 2 bridgehead atoms. The predicted octanol–water partition coefficient (Wildman–Crippen LogP) is 7.78. The van der Waals surface area contributed by atoms with E-state index in [1.807, 2.05) is 50.0 Å². The number of benzene rings is 1. The summed E-state index contributed by atoms with van der Waals surface area (Å²) >= 11 is 1.48. The molecule has 12 nitrogen and oxygen atoms in total. The third-order valence-corrected chi connectivity index (χ3v) is 16.2. The quantitative estimate of drug-likeness (QED) is 0.0751. The Balaban J connectivity index is 0.913. The van der Waals surface area contributed by atoms with Gasteiger partial charge in [0, 0.05) is 53.7 Å². The average Bonchev–Trinajstić information content (AvgIpc) is 3.94. The number of thiazole rings is 1. The number of rotatable bonds is 11. The lowest BCUT2D eigenvalue weighted by atomic mass is 9.25. The number of nitrogens with zero attached hydrogens (tertiary/aromatic N) is 5. The number of amidine groups is 2. The number of likely N-dealkylation sites (tertiary alicyclic amines) is 2. The van der Waals surface area contributed by atoms with Crippen LogP contribution in [0.1, 0.15) is 91.0 Å². The molecule has 308 valence electrons. The Morgan fingerprint density at radius 3 is 2.50 bits per heavy atom. The molecule has 1 aromatic heterocycles. The van der Waals surface area contributed by atoms with Crippen LogP contribution in [0.25, 0.3) is 10.2 Å². The van der Waals surface area contributed by atoms with Gasteiger partial charge >= 0.3 is 0 Å². The smallest absolute Gasteiger partial charge is 0.299 e. The van der Waals surface area contributed by atoms with Gasteiger partial charge in [0.25, 0.3) is 5.95 Å². The lowest BCUT2D eigenvalue weighted by molar-refractivity contribution is -0.397. The monoisotopic (exact) mass is 805 g/mol. The van der Waals surface area contributed by atoms with Crippen LogP contribution in [0.5, 0.6) is 0 Å². The second-order valence-corrected chi connectivity index (χ2v) is 19.9. The van der Waals surface area contributed by atoms with E-state index in [0.29, 0.717) is 47.4 Å². The van der Waals surface area contributed by atoms with Gasteiger partial charge in [-0.05, 0) is 143 Å². The maximum absolute atomic E-state index is 10.6. The van der Waals surface area contributed by atoms with Crippen LogP contribution in [0.3, 0.4) is 0 Å². The summed E-state index contributed by atoms with van der Waals surface area (Å²) in [6.45, 7) is 16.5. The molecule has 58 heavy (non-hydrogen) atoms. The summed E-state index contributed by atoms with van der Waals surface area (Å²) in [5, 5.41) is 34.3. The number of aromatic nitrogens is 1. The van der Waals surface area contributed by atoms with Crippen molar-refractivity contribution < 1.29 is 14.9 Å². The molecule has 1 spiro atoms. The van der Waals surface area contributed by atoms with Crippen molar-refractivity contribution in [3.8, 4) is 0 Å². The molecule has 1 aromatic carbocycles. The number of nitrogens with one attached hydrogen (secondary N) is 2. The Bertz CT molecular complexity index is 2280. The van der Waals surface area contributed by atoms with E-state index in [1.165, 1.54) is 56.3 Å². The number of allylic oxidation sites excluding steroid dienone is 3. The van der Waals surface area contributed by atoms with Gasteiger partial charge in [0.2, 0.25) is 5.13 Å². The van der Waals surface area contributed by atoms with Crippen LogP contribution in [0.2, 0.25) is 0 Å². The molecule has 4 heterocycles. The van der Waals surface area contributed by atoms with Gasteiger partial charge in [-0.3, -0.25) is 10.4 Å². The number of hydrogen-bond donors (Lipinski definition) is 6. The minimum absolute atomic E-state index is 0.0210. The molecule has 8 N–H and O–H groups in total. The molecule has 3 aliphatic heterocycles. The van der Waals surface area contributed by atoms with E-state index in [1.54, 1.807) is 0 Å². The van der Waals surface area contributed by atoms with Gasteiger partial charge < -0.3 is 41.5 Å². The number of hydrogen-bond acceptors (Lipinski definition) is 11. The van der Waals surface area contributed by atoms with Crippen molar-refractivity contribution in [2.24, 2.45) is 43.1 Å². The second kappa shape index (κ2) is 13.8. The Morgan fingerprint density at radius 1 is 1.05 bits per heavy atom. The number of aliphatic hydroxyl groups is 2. The Morgan fingerprint density at radius 2 is 1.79 bits per heavy atom. The highest BCUT2D eigenvalue weighted by Crippen LogP contribution is 2.95. The number of fused-ring (bicyclic) bond motifs is 2. The SMILES string of the molecule is CC(=NCC12CC3(C)CC4(OCCN5CCCC5)CC(C)(C1)C34C2)C(=CN)C1=CC=C(N2CCCC(=C(C)C(N)=Nc3nc4cc(C)ccc4s3)C2=N)NC1=C(O)O. The fourth-order valence-corrected chi connectivity index (χ4v) is 14.2. The van der Waals surface area contributed by atoms with Gasteiger partial charge in [0.15, 0.2) is 0 Å². The summed E-state index contributed by atoms with van der Waals surface area (Å²) in [6.07, 6.45) is 15.0. The molecular weight excluding hydrogens is 747 g/mol. The average molecular weight is 806 g/mol. The molecule has 0 amide bonds. The fraction of sp³-hybridized carbons (Fsp3) is 0.556. The number of aliphatic hydroxyl groups excluding tert-OH is 1. The van der Waals surface area contributed by atoms with Crippen LogP contribution in [0, 0.1) is 34.0 Å². The van der Waals surface area contributed by atoms with Gasteiger partial charge in [0.1, 0.15) is 23.2 Å². The van der Waals surface area contributed by atoms with Crippen molar-refractivity contribution in [1.29, 1.82) is 5.41 Å². The lowest BCUT2D eigenvalue weighted by Gasteiger charge is -2.82. The van der Waals surface area contributed by atoms with E-state index in [-0.39, 0.29) is 38.8 Å². The molecule has 4 aliphatic carbocycles. The molecule has 2 atom stereocenters. The molecule has 0 radical (unpaired) electrons. The third kappa shape index (κ3) is 5.81. The van der Waals surface area contributed by atoms with Gasteiger partial charge in [0.05, 0.1) is 22.4 Å². The lowest BCUT2D eigenvalue weighted by Crippen LogP contribution is -2.82. The molecule has 13 heteroatoms. The van der Waals surface area contributed by atoms with Crippen LogP contribution >= 0.6 is 11.3 Å². The van der Waals surface area contributed by atoms with Gasteiger partial charge in [-0.1, -0.05) is 31.3 Å². The zero-order chi connectivity index (χ0) is 40.8. The van der Waals surface area contributed by atoms with E-state index in [4.69, 9.17) is 21.2 Å². The van der Waals surface area contributed by atoms with Gasteiger partial charge in [-0.25, -0.2) is 9.98 Å². The first-order chi connectivity index (χ1) is 27.6. The van der Waals surface area contributed by atoms with Crippen molar-refractivity contribution in [3.05, 3.63) is 81.9 Å². The van der Waals surface area contributed by atoms with E-state index in [2.05, 4.69) is 40.1 Å². The highest BCUT2D eigenvalue weighted by molar-refractivity contribution is 7.22. The first-order valence-electron chi connectivity index (χ1n) is 21.0. The zero-order valence-corrected chi connectivity index (χ0v) is 35.5. The minimum atomic E-state index is -0.860. The number of aryl methyl sites for hydroxylation is 1. The van der Waals surface area contributed by atoms with Crippen LogP contribution in [0.4, 0.5) is 5.13 Å². The Labute approximate surface area is 345 Å². The van der Waals surface area contributed by atoms with Crippen molar-refractivity contribution in [3.63, 3.8) is 0 Å². The number of aliphatic imine (C=N–C) groups is 2. The van der Waals surface area contributed by atoms with Crippen molar-refractivity contribution in [2.45, 2.75) is 98.0 Å². The van der Waals surface area contributed by atoms with Crippen molar-refractivity contribution >= 4 is 44.1 Å². The summed E-state index contributed by atoms with van der Waals surface area (Å²) < 4.78 is 7.95. The highest BCUT2D eigenvalue weighted by Gasteiger charge is 2.93. The Hall–Kier alpha value is -4.46. The van der Waals surface area contributed by atoms with Crippen LogP contribution in [0.15, 0.2) is 86.3 Å². The molecule has 4 saturated carbocycles. The van der Waals surface area contributed by atoms with Crippen molar-refractivity contribution in [1.82, 2.24) is 20.1 Å². The molecule has 2 aromatic rings. The molecule has 9 rings (SSSR count). The third-order valence-electron chi connectivity index (χ3n) is 15.2. The topological polar surface area (TPSA) is 182 Å². The maximum Gasteiger partial charge on any atom is 0.299 e. The van der Waals surface area contributed by atoms with Crippen LogP contribution in [-0.2, 0) is 4.74 Å². The van der Waals surface area contributed by atoms with E-state index >= 15 is 0 Å². The predicted molar refractivity (Wildman–Crippen MR) is 232 cm³/mol. The second-order valence-electron chi connectivity index (χ2n) is 18.9. The first-order valence-corrected chi connectivity index (χ1v) is 21.9. The molecular formula is C45H59N9O3S. The summed E-state index contributed by atoms with van der Waals surface area (Å²) in [4.78, 5) is 18.9. The van der Waals surface area contributed by atoms with Crippen LogP contribution < -0.4 is 16.8 Å². The van der Waals surface area contributed by atoms with Gasteiger partial charge in [-0.15, -0.1) is 0 Å². The van der Waals surface area contributed by atoms with E-state index < -0.39 is 5.95 Å². The number of ether oxygens (including phenoxy) is 1. The summed E-state index contributed by atoms with van der Waals surface area (Å²) in [5.74, 6) is 0.289. The molecule has 6 fully saturated rings. The van der Waals surface area contributed by atoms with Crippen LogP contribution in [-0.4, -0.2) is 87.3 Å². The highest BCUT2D eigenvalue weighted by atomic mass is 32.1. The molecule has 2 unspecified atom stereocenters. The van der Waals surface area contributed by atoms with Gasteiger partial charge in [-0.2, -0.15) is 0 Å². The summed E-state index contributed by atoms with van der Waals surface area (Å²) in [6, 6.07) is 6.13.